The van der Waals surface area contributed by atoms with Crippen LogP contribution in [0.2, 0.25) is 0 Å². The number of nitrogens with zero attached hydrogens (tertiary/aromatic N) is 3. The summed E-state index contributed by atoms with van der Waals surface area (Å²) in [5, 5.41) is 28.7. The number of likely N-dealkylation sites (tertiary alicyclic amines) is 1. The molecule has 3 N–H and O–H groups in total. The molecule has 0 aliphatic carbocycles. The molecule has 2 aromatic carbocycles. The number of carbonyl (C=O) groups is 2. The average molecular weight is 575 g/mol. The maximum absolute atomic E-state index is 14.0. The van der Waals surface area contributed by atoms with E-state index >= 15 is 0 Å². The van der Waals surface area contributed by atoms with E-state index in [1.165, 1.54) is 4.90 Å². The van der Waals surface area contributed by atoms with E-state index in [4.69, 9.17) is 4.52 Å². The first-order chi connectivity index (χ1) is 19.9. The number of benzene rings is 2. The summed E-state index contributed by atoms with van der Waals surface area (Å²) in [7, 11) is 0. The van der Waals surface area contributed by atoms with E-state index in [0.29, 0.717) is 6.54 Å². The lowest BCUT2D eigenvalue weighted by Gasteiger charge is -2.36. The molecule has 4 unspecified atom stereocenters. The number of fused-ring (bicyclic) bond motifs is 1. The van der Waals surface area contributed by atoms with E-state index in [2.05, 4.69) is 37.3 Å². The summed E-state index contributed by atoms with van der Waals surface area (Å²) in [4.78, 5) is 30.9. The number of nitrogens with one attached hydrogen (secondary N) is 1. The van der Waals surface area contributed by atoms with E-state index in [-0.39, 0.29) is 42.7 Å². The van der Waals surface area contributed by atoms with Gasteiger partial charge >= 0.3 is 0 Å². The van der Waals surface area contributed by atoms with Crippen molar-refractivity contribution < 1.29 is 24.3 Å². The Labute approximate surface area is 247 Å². The molecule has 4 atom stereocenters. The van der Waals surface area contributed by atoms with Gasteiger partial charge in [-0.3, -0.25) is 14.5 Å². The predicted octanol–water partition coefficient (Wildman–Crippen LogP) is 4.06. The number of aliphatic hydroxyl groups excluding tert-OH is 2. The Morgan fingerprint density at radius 2 is 1.88 bits per heavy atom. The topological polar surface area (TPSA) is 119 Å². The first-order valence-electron chi connectivity index (χ1n) is 14.7. The summed E-state index contributed by atoms with van der Waals surface area (Å²) in [5.41, 5.74) is 6.39. The van der Waals surface area contributed by atoms with Gasteiger partial charge in [0.1, 0.15) is 18.5 Å². The molecular formula is C33H42N4O5. The molecule has 3 heterocycles. The molecule has 224 valence electrons. The van der Waals surface area contributed by atoms with Crippen molar-refractivity contribution in [3.63, 3.8) is 0 Å². The molecule has 0 saturated carbocycles. The number of carbonyl (C=O) groups excluding carboxylic acids is 2. The number of β-amino-alcohol motifs (C(OH)–C–C–N with tert-alkyl or cyclic N) is 1. The zero-order valence-electron chi connectivity index (χ0n) is 25.3. The molecule has 0 radical (unpaired) electrons. The minimum atomic E-state index is -0.905. The molecule has 0 spiro atoms. The highest BCUT2D eigenvalue weighted by Crippen LogP contribution is 2.37. The molecule has 1 saturated heterocycles. The zero-order valence-corrected chi connectivity index (χ0v) is 25.3. The minimum Gasteiger partial charge on any atom is -0.391 e. The lowest BCUT2D eigenvalue weighted by atomic mass is 9.82. The Morgan fingerprint density at radius 3 is 2.52 bits per heavy atom. The lowest BCUT2D eigenvalue weighted by Crippen LogP contribution is -2.55. The van der Waals surface area contributed by atoms with Gasteiger partial charge in [0, 0.05) is 31.6 Å². The quantitative estimate of drug-likeness (QED) is 0.389. The third-order valence-electron chi connectivity index (χ3n) is 8.54. The van der Waals surface area contributed by atoms with Crippen LogP contribution in [-0.4, -0.2) is 61.7 Å². The maximum Gasteiger partial charge on any atom is 0.243 e. The smallest absolute Gasteiger partial charge is 0.243 e. The zero-order chi connectivity index (χ0) is 30.3. The molecule has 1 aromatic heterocycles. The molecule has 2 aliphatic heterocycles. The summed E-state index contributed by atoms with van der Waals surface area (Å²) < 4.78 is 5.14. The molecule has 1 fully saturated rings. The van der Waals surface area contributed by atoms with E-state index in [0.717, 1.165) is 39.1 Å². The normalized spacial score (nSPS) is 21.5. The molecule has 9 nitrogen and oxygen atoms in total. The molecule has 9 heteroatoms. The van der Waals surface area contributed by atoms with Gasteiger partial charge in [-0.15, -0.1) is 0 Å². The van der Waals surface area contributed by atoms with Crippen LogP contribution in [0.3, 0.4) is 0 Å². The van der Waals surface area contributed by atoms with Crippen molar-refractivity contribution in [2.24, 2.45) is 5.92 Å². The van der Waals surface area contributed by atoms with E-state index < -0.39 is 24.4 Å². The second-order valence-corrected chi connectivity index (χ2v) is 13.0. The standard InChI is InChI=1S/C33H42N4O5/c1-19(2)29(37-16-23-9-7-8-10-25(23)31(37)40)32(41)36-17-24(38)14-28(36)30(39)34-15-22-12-11-21(13-27(22)33(4,5)6)26-18-42-35-20(26)3/h7-13,18-19,24,28-29,31,38,40H,14-17H2,1-6H3,(H,34,39). The predicted molar refractivity (Wildman–Crippen MR) is 159 cm³/mol. The first-order valence-corrected chi connectivity index (χ1v) is 14.7. The van der Waals surface area contributed by atoms with E-state index in [9.17, 15) is 19.8 Å². The third kappa shape index (κ3) is 5.73. The van der Waals surface area contributed by atoms with Crippen LogP contribution in [0.25, 0.3) is 11.1 Å². The number of rotatable bonds is 7. The Hall–Kier alpha value is -3.53. The van der Waals surface area contributed by atoms with Gasteiger partial charge in [-0.25, -0.2) is 0 Å². The van der Waals surface area contributed by atoms with E-state index in [1.807, 2.05) is 57.2 Å². The number of aromatic nitrogens is 1. The Bertz CT molecular complexity index is 1460. The van der Waals surface area contributed by atoms with Crippen molar-refractivity contribution >= 4 is 11.8 Å². The van der Waals surface area contributed by atoms with Gasteiger partial charge in [0.25, 0.3) is 0 Å². The van der Waals surface area contributed by atoms with Gasteiger partial charge in [0.15, 0.2) is 0 Å². The SMILES string of the molecule is Cc1nocc1-c1ccc(CNC(=O)C2CC(O)CN2C(=O)C(C(C)C)N2Cc3ccccc3C2O)c(C(C)(C)C)c1. The average Bonchev–Trinajstić information content (AvgIpc) is 3.64. The van der Waals surface area contributed by atoms with Gasteiger partial charge in [-0.05, 0) is 46.1 Å². The van der Waals surface area contributed by atoms with Gasteiger partial charge in [-0.2, -0.15) is 0 Å². The van der Waals surface area contributed by atoms with Crippen LogP contribution in [0, 0.1) is 12.8 Å². The van der Waals surface area contributed by atoms with Crippen molar-refractivity contribution in [3.8, 4) is 11.1 Å². The summed E-state index contributed by atoms with van der Waals surface area (Å²) in [5.74, 6) is -0.673. The molecule has 5 rings (SSSR count). The van der Waals surface area contributed by atoms with Crippen molar-refractivity contribution in [1.29, 1.82) is 0 Å². The van der Waals surface area contributed by atoms with Crippen LogP contribution in [0.4, 0.5) is 0 Å². The summed E-state index contributed by atoms with van der Waals surface area (Å²) >= 11 is 0. The van der Waals surface area contributed by atoms with Crippen LogP contribution in [-0.2, 0) is 28.1 Å². The number of aryl methyl sites for hydroxylation is 1. The lowest BCUT2D eigenvalue weighted by molar-refractivity contribution is -0.149. The summed E-state index contributed by atoms with van der Waals surface area (Å²) in [6, 6.07) is 12.3. The Balaban J connectivity index is 1.34. The number of hydrogen-bond acceptors (Lipinski definition) is 7. The second kappa shape index (κ2) is 11.6. The molecule has 2 aliphatic rings. The first kappa shape index (κ1) is 29.9. The van der Waals surface area contributed by atoms with Crippen LogP contribution in [0.1, 0.15) is 75.2 Å². The van der Waals surface area contributed by atoms with Crippen LogP contribution < -0.4 is 5.32 Å². The van der Waals surface area contributed by atoms with Crippen molar-refractivity contribution in [1.82, 2.24) is 20.3 Å². The van der Waals surface area contributed by atoms with Crippen molar-refractivity contribution in [2.45, 2.75) is 90.9 Å². The largest absolute Gasteiger partial charge is 0.391 e. The van der Waals surface area contributed by atoms with Gasteiger partial charge in [0.05, 0.1) is 17.8 Å². The number of aliphatic hydroxyl groups is 2. The third-order valence-corrected chi connectivity index (χ3v) is 8.54. The minimum absolute atomic E-state index is 0.0804. The maximum atomic E-state index is 14.0. The van der Waals surface area contributed by atoms with Gasteiger partial charge in [-0.1, -0.05) is 82.2 Å². The summed E-state index contributed by atoms with van der Waals surface area (Å²) in [6.45, 7) is 13.0. The molecule has 2 amide bonds. The fraction of sp³-hybridized carbons (Fsp3) is 0.485. The second-order valence-electron chi connectivity index (χ2n) is 13.0. The van der Waals surface area contributed by atoms with E-state index in [1.54, 1.807) is 11.2 Å². The highest BCUT2D eigenvalue weighted by atomic mass is 16.5. The molecule has 42 heavy (non-hydrogen) atoms. The number of hydrogen-bond donors (Lipinski definition) is 3. The monoisotopic (exact) mass is 574 g/mol. The molecular weight excluding hydrogens is 532 g/mol. The Kier molecular flexibility index (Phi) is 8.29. The highest BCUT2D eigenvalue weighted by Gasteiger charge is 2.46. The van der Waals surface area contributed by atoms with Crippen LogP contribution in [0.5, 0.6) is 0 Å². The van der Waals surface area contributed by atoms with Crippen LogP contribution >= 0.6 is 0 Å². The fourth-order valence-corrected chi connectivity index (χ4v) is 6.39. The Morgan fingerprint density at radius 1 is 1.14 bits per heavy atom. The molecule has 0 bridgehead atoms. The number of amides is 2. The van der Waals surface area contributed by atoms with Gasteiger partial charge in [0.2, 0.25) is 11.8 Å². The van der Waals surface area contributed by atoms with Crippen LogP contribution in [0.15, 0.2) is 53.3 Å². The van der Waals surface area contributed by atoms with Crippen molar-refractivity contribution in [2.75, 3.05) is 6.54 Å². The molecule has 3 aromatic rings. The fourth-order valence-electron chi connectivity index (χ4n) is 6.39. The highest BCUT2D eigenvalue weighted by molar-refractivity contribution is 5.91. The van der Waals surface area contributed by atoms with Crippen molar-refractivity contribution in [3.05, 3.63) is 76.7 Å². The summed E-state index contributed by atoms with van der Waals surface area (Å²) in [6.07, 6.45) is 0.107. The van der Waals surface area contributed by atoms with Gasteiger partial charge < -0.3 is 25.0 Å².